The van der Waals surface area contributed by atoms with Gasteiger partial charge in [0.15, 0.2) is 5.96 Å². The molecular weight excluding hydrogens is 250 g/mol. The summed E-state index contributed by atoms with van der Waals surface area (Å²) < 4.78 is 5.68. The summed E-state index contributed by atoms with van der Waals surface area (Å²) in [6.07, 6.45) is 0.929. The first-order valence-corrected chi connectivity index (χ1v) is 7.09. The molecule has 0 saturated heterocycles. The number of nitrogens with zero attached hydrogens (tertiary/aromatic N) is 1. The number of hydrogen-bond donors (Lipinski definition) is 2. The molecule has 0 unspecified atom stereocenters. The monoisotopic (exact) mass is 277 g/mol. The van der Waals surface area contributed by atoms with Crippen molar-refractivity contribution in [1.82, 2.24) is 10.6 Å². The summed E-state index contributed by atoms with van der Waals surface area (Å²) in [6.45, 7) is 9.94. The Labute approximate surface area is 122 Å². The Morgan fingerprint density at radius 3 is 2.40 bits per heavy atom. The van der Waals surface area contributed by atoms with Crippen LogP contribution in [-0.4, -0.2) is 31.7 Å². The number of nitrogens with one attached hydrogen (secondary N) is 2. The van der Waals surface area contributed by atoms with E-state index in [1.54, 1.807) is 7.05 Å². The number of guanidine groups is 1. The SMILES string of the molecule is CN=C(NCCCOc1ccc(C)cc1)NC(C)(C)C. The highest BCUT2D eigenvalue weighted by atomic mass is 16.5. The lowest BCUT2D eigenvalue weighted by molar-refractivity contribution is 0.311. The van der Waals surface area contributed by atoms with E-state index < -0.39 is 0 Å². The lowest BCUT2D eigenvalue weighted by Crippen LogP contribution is -2.47. The first-order chi connectivity index (χ1) is 9.40. The van der Waals surface area contributed by atoms with Gasteiger partial charge in [0.05, 0.1) is 6.61 Å². The molecule has 0 heterocycles. The maximum Gasteiger partial charge on any atom is 0.191 e. The molecule has 0 aliphatic rings. The van der Waals surface area contributed by atoms with Crippen molar-refractivity contribution >= 4 is 5.96 Å². The second-order valence-corrected chi connectivity index (χ2v) is 5.89. The van der Waals surface area contributed by atoms with Crippen LogP contribution in [0.2, 0.25) is 0 Å². The minimum Gasteiger partial charge on any atom is -0.494 e. The second kappa shape index (κ2) is 7.78. The van der Waals surface area contributed by atoms with Crippen LogP contribution in [0.3, 0.4) is 0 Å². The molecule has 0 amide bonds. The molecule has 2 N–H and O–H groups in total. The summed E-state index contributed by atoms with van der Waals surface area (Å²) in [7, 11) is 1.78. The predicted octanol–water partition coefficient (Wildman–Crippen LogP) is 2.73. The first-order valence-electron chi connectivity index (χ1n) is 7.09. The molecule has 0 aromatic heterocycles. The van der Waals surface area contributed by atoms with Gasteiger partial charge in [0.25, 0.3) is 0 Å². The van der Waals surface area contributed by atoms with Gasteiger partial charge in [0.1, 0.15) is 5.75 Å². The molecule has 4 heteroatoms. The van der Waals surface area contributed by atoms with Gasteiger partial charge >= 0.3 is 0 Å². The maximum atomic E-state index is 5.68. The Morgan fingerprint density at radius 1 is 1.20 bits per heavy atom. The minimum absolute atomic E-state index is 0.0141. The van der Waals surface area contributed by atoms with Gasteiger partial charge in [-0.1, -0.05) is 17.7 Å². The smallest absolute Gasteiger partial charge is 0.191 e. The van der Waals surface area contributed by atoms with Gasteiger partial charge in [0, 0.05) is 19.1 Å². The van der Waals surface area contributed by atoms with Crippen LogP contribution in [0.25, 0.3) is 0 Å². The van der Waals surface area contributed by atoms with Gasteiger partial charge in [-0.05, 0) is 46.2 Å². The summed E-state index contributed by atoms with van der Waals surface area (Å²) in [5, 5.41) is 6.60. The highest BCUT2D eigenvalue weighted by Crippen LogP contribution is 2.11. The Bertz CT molecular complexity index is 418. The number of rotatable bonds is 5. The standard InChI is InChI=1S/C16H27N3O/c1-13-7-9-14(10-8-13)20-12-6-11-18-15(17-5)19-16(2,3)4/h7-10H,6,11-12H2,1-5H3,(H2,17,18,19). The van der Waals surface area contributed by atoms with Crippen LogP contribution in [0.4, 0.5) is 0 Å². The zero-order valence-electron chi connectivity index (χ0n) is 13.3. The lowest BCUT2D eigenvalue weighted by Gasteiger charge is -2.23. The minimum atomic E-state index is 0.0141. The topological polar surface area (TPSA) is 45.7 Å². The van der Waals surface area contributed by atoms with Crippen molar-refractivity contribution in [2.75, 3.05) is 20.2 Å². The third kappa shape index (κ3) is 7.02. The summed E-state index contributed by atoms with van der Waals surface area (Å²) in [6, 6.07) is 8.12. The normalized spacial score (nSPS) is 12.2. The van der Waals surface area contributed by atoms with Crippen LogP contribution in [-0.2, 0) is 0 Å². The third-order valence-electron chi connectivity index (χ3n) is 2.62. The number of hydrogen-bond acceptors (Lipinski definition) is 2. The van der Waals surface area contributed by atoms with Gasteiger partial charge in [-0.3, -0.25) is 4.99 Å². The van der Waals surface area contributed by atoms with E-state index >= 15 is 0 Å². The molecular formula is C16H27N3O. The second-order valence-electron chi connectivity index (χ2n) is 5.89. The molecule has 0 aliphatic carbocycles. The Hall–Kier alpha value is -1.71. The Balaban J connectivity index is 2.19. The third-order valence-corrected chi connectivity index (χ3v) is 2.62. The molecule has 0 radical (unpaired) electrons. The number of aryl methyl sites for hydroxylation is 1. The number of benzene rings is 1. The molecule has 0 atom stereocenters. The van der Waals surface area contributed by atoms with E-state index in [2.05, 4.69) is 55.5 Å². The molecule has 0 saturated carbocycles. The lowest BCUT2D eigenvalue weighted by atomic mass is 10.1. The van der Waals surface area contributed by atoms with E-state index in [4.69, 9.17) is 4.74 Å². The Morgan fingerprint density at radius 2 is 1.85 bits per heavy atom. The summed E-state index contributed by atoms with van der Waals surface area (Å²) >= 11 is 0. The van der Waals surface area contributed by atoms with E-state index in [-0.39, 0.29) is 5.54 Å². The molecule has 20 heavy (non-hydrogen) atoms. The molecule has 0 bridgehead atoms. The van der Waals surface area contributed by atoms with Crippen LogP contribution in [0.15, 0.2) is 29.3 Å². The first kappa shape index (κ1) is 16.3. The summed E-state index contributed by atoms with van der Waals surface area (Å²) in [5.74, 6) is 1.75. The van der Waals surface area contributed by atoms with E-state index in [1.807, 2.05) is 12.1 Å². The molecule has 0 spiro atoms. The highest BCUT2D eigenvalue weighted by Gasteiger charge is 2.10. The van der Waals surface area contributed by atoms with E-state index in [0.717, 1.165) is 24.7 Å². The fourth-order valence-corrected chi connectivity index (χ4v) is 1.64. The van der Waals surface area contributed by atoms with Crippen molar-refractivity contribution < 1.29 is 4.74 Å². The average molecular weight is 277 g/mol. The van der Waals surface area contributed by atoms with Crippen molar-refractivity contribution in [3.05, 3.63) is 29.8 Å². The Kier molecular flexibility index (Phi) is 6.36. The van der Waals surface area contributed by atoms with Crippen LogP contribution in [0.5, 0.6) is 5.75 Å². The zero-order chi connectivity index (χ0) is 15.0. The molecule has 0 aliphatic heterocycles. The van der Waals surface area contributed by atoms with Gasteiger partial charge in [-0.2, -0.15) is 0 Å². The van der Waals surface area contributed by atoms with Crippen molar-refractivity contribution in [1.29, 1.82) is 0 Å². The average Bonchev–Trinajstić information content (AvgIpc) is 2.37. The van der Waals surface area contributed by atoms with E-state index in [9.17, 15) is 0 Å². The molecule has 4 nitrogen and oxygen atoms in total. The fourth-order valence-electron chi connectivity index (χ4n) is 1.64. The number of aliphatic imine (C=N–C) groups is 1. The van der Waals surface area contributed by atoms with Gasteiger partial charge < -0.3 is 15.4 Å². The van der Waals surface area contributed by atoms with Gasteiger partial charge in [0.2, 0.25) is 0 Å². The largest absolute Gasteiger partial charge is 0.494 e. The number of ether oxygens (including phenoxy) is 1. The van der Waals surface area contributed by atoms with Crippen LogP contribution < -0.4 is 15.4 Å². The molecule has 1 aromatic carbocycles. The van der Waals surface area contributed by atoms with Crippen LogP contribution >= 0.6 is 0 Å². The molecule has 0 fully saturated rings. The van der Waals surface area contributed by atoms with Crippen molar-refractivity contribution in [2.45, 2.75) is 39.7 Å². The zero-order valence-corrected chi connectivity index (χ0v) is 13.3. The van der Waals surface area contributed by atoms with Crippen molar-refractivity contribution in [2.24, 2.45) is 4.99 Å². The molecule has 1 rings (SSSR count). The highest BCUT2D eigenvalue weighted by molar-refractivity contribution is 5.80. The molecule has 1 aromatic rings. The van der Waals surface area contributed by atoms with Gasteiger partial charge in [-0.25, -0.2) is 0 Å². The van der Waals surface area contributed by atoms with Crippen LogP contribution in [0.1, 0.15) is 32.8 Å². The van der Waals surface area contributed by atoms with E-state index in [1.165, 1.54) is 5.56 Å². The summed E-state index contributed by atoms with van der Waals surface area (Å²) in [4.78, 5) is 4.19. The fraction of sp³-hybridized carbons (Fsp3) is 0.562. The maximum absolute atomic E-state index is 5.68. The van der Waals surface area contributed by atoms with Crippen LogP contribution in [0, 0.1) is 6.92 Å². The van der Waals surface area contributed by atoms with Crippen molar-refractivity contribution in [3.8, 4) is 5.75 Å². The predicted molar refractivity (Wildman–Crippen MR) is 85.5 cm³/mol. The van der Waals surface area contributed by atoms with E-state index in [0.29, 0.717) is 6.61 Å². The van der Waals surface area contributed by atoms with Crippen molar-refractivity contribution in [3.63, 3.8) is 0 Å². The molecule has 112 valence electrons. The summed E-state index contributed by atoms with van der Waals surface area (Å²) in [5.41, 5.74) is 1.26. The van der Waals surface area contributed by atoms with Gasteiger partial charge in [-0.15, -0.1) is 0 Å². The quantitative estimate of drug-likeness (QED) is 0.494.